The first-order valence-electron chi connectivity index (χ1n) is 5.15. The van der Waals surface area contributed by atoms with Crippen LogP contribution in [0.25, 0.3) is 10.2 Å². The highest BCUT2D eigenvalue weighted by molar-refractivity contribution is 7.22. The summed E-state index contributed by atoms with van der Waals surface area (Å²) in [6, 6.07) is 5.72. The second kappa shape index (κ2) is 4.41. The molecule has 0 bridgehead atoms. The largest absolute Gasteiger partial charge is 0.544 e. The lowest BCUT2D eigenvalue weighted by Gasteiger charge is -2.18. The Bertz CT molecular complexity index is 597. The first-order chi connectivity index (χ1) is 7.98. The second-order valence-electron chi connectivity index (χ2n) is 4.54. The molecule has 0 unspecified atom stereocenters. The molecule has 1 aromatic carbocycles. The summed E-state index contributed by atoms with van der Waals surface area (Å²) in [6.45, 7) is 6.39. The number of isocyanates is 1. The number of fused-ring (bicyclic) bond motifs is 1. The number of nitrogens with zero attached hydrogens (tertiary/aromatic N) is 2. The maximum Gasteiger partial charge on any atom is 0.242 e. The normalized spacial score (nSPS) is 11.2. The van der Waals surface area contributed by atoms with Crippen LogP contribution in [0.4, 0.5) is 5.13 Å². The van der Waals surface area contributed by atoms with E-state index in [1.807, 2.05) is 18.2 Å². The van der Waals surface area contributed by atoms with Crippen molar-refractivity contribution in [3.63, 3.8) is 0 Å². The Morgan fingerprint density at radius 2 is 2.18 bits per heavy atom. The van der Waals surface area contributed by atoms with Crippen LogP contribution in [0, 0.1) is 0 Å². The van der Waals surface area contributed by atoms with E-state index in [-0.39, 0.29) is 0 Å². The molecule has 0 aliphatic rings. The van der Waals surface area contributed by atoms with Crippen molar-refractivity contribution in [1.29, 1.82) is 0 Å². The van der Waals surface area contributed by atoms with E-state index < -0.39 is 8.32 Å². The highest BCUT2D eigenvalue weighted by Crippen LogP contribution is 2.31. The number of hydrogen-bond donors (Lipinski definition) is 0. The van der Waals surface area contributed by atoms with Crippen molar-refractivity contribution in [1.82, 2.24) is 4.98 Å². The Kier molecular flexibility index (Phi) is 3.10. The summed E-state index contributed by atoms with van der Waals surface area (Å²) in [5.41, 5.74) is 0.826. The minimum Gasteiger partial charge on any atom is -0.544 e. The number of aliphatic imine (C=N–C) groups is 1. The summed E-state index contributed by atoms with van der Waals surface area (Å²) in [5.74, 6) is 0.849. The van der Waals surface area contributed by atoms with Crippen LogP contribution in [0.3, 0.4) is 0 Å². The molecule has 1 heterocycles. The van der Waals surface area contributed by atoms with Crippen molar-refractivity contribution in [2.24, 2.45) is 4.99 Å². The molecule has 0 spiro atoms. The van der Waals surface area contributed by atoms with Gasteiger partial charge in [0.05, 0.1) is 10.2 Å². The quantitative estimate of drug-likeness (QED) is 0.484. The zero-order valence-corrected chi connectivity index (χ0v) is 11.7. The van der Waals surface area contributed by atoms with Crippen molar-refractivity contribution < 1.29 is 9.22 Å². The van der Waals surface area contributed by atoms with Gasteiger partial charge in [-0.2, -0.15) is 0 Å². The molecule has 0 N–H and O–H groups in total. The van der Waals surface area contributed by atoms with E-state index in [0.717, 1.165) is 16.0 Å². The van der Waals surface area contributed by atoms with E-state index >= 15 is 0 Å². The highest BCUT2D eigenvalue weighted by Gasteiger charge is 2.16. The van der Waals surface area contributed by atoms with Crippen molar-refractivity contribution >= 4 is 41.1 Å². The summed E-state index contributed by atoms with van der Waals surface area (Å²) >= 11 is 1.36. The van der Waals surface area contributed by atoms with Gasteiger partial charge in [-0.15, -0.1) is 4.99 Å². The van der Waals surface area contributed by atoms with Gasteiger partial charge in [-0.25, -0.2) is 9.78 Å². The minimum atomic E-state index is -1.60. The van der Waals surface area contributed by atoms with E-state index in [9.17, 15) is 4.79 Å². The molecule has 0 saturated heterocycles. The third-order valence-corrected chi connectivity index (χ3v) is 3.67. The summed E-state index contributed by atoms with van der Waals surface area (Å²) in [6.07, 6.45) is 1.50. The third kappa shape index (κ3) is 3.00. The van der Waals surface area contributed by atoms with E-state index in [0.29, 0.717) is 5.13 Å². The van der Waals surface area contributed by atoms with Crippen LogP contribution in [0.1, 0.15) is 0 Å². The van der Waals surface area contributed by atoms with Crippen molar-refractivity contribution in [3.8, 4) is 5.75 Å². The van der Waals surface area contributed by atoms with E-state index in [2.05, 4.69) is 29.6 Å². The Balaban J connectivity index is 2.40. The second-order valence-corrected chi connectivity index (χ2v) is 9.98. The molecule has 1 aromatic heterocycles. The Hall–Kier alpha value is -1.49. The van der Waals surface area contributed by atoms with Crippen LogP contribution in [0.15, 0.2) is 23.2 Å². The molecule has 2 rings (SSSR count). The van der Waals surface area contributed by atoms with Crippen LogP contribution in [0.5, 0.6) is 5.75 Å². The molecule has 0 aliphatic carbocycles. The molecule has 0 radical (unpaired) electrons. The molecule has 88 valence electrons. The van der Waals surface area contributed by atoms with Crippen LogP contribution < -0.4 is 4.43 Å². The molecule has 6 heteroatoms. The zero-order valence-electron chi connectivity index (χ0n) is 9.85. The summed E-state index contributed by atoms with van der Waals surface area (Å²) < 4.78 is 6.86. The lowest BCUT2D eigenvalue weighted by Crippen LogP contribution is -2.29. The van der Waals surface area contributed by atoms with Crippen LogP contribution in [0.2, 0.25) is 19.6 Å². The zero-order chi connectivity index (χ0) is 12.5. The topological polar surface area (TPSA) is 51.6 Å². The van der Waals surface area contributed by atoms with Gasteiger partial charge in [-0.05, 0) is 37.8 Å². The maximum atomic E-state index is 10.2. The van der Waals surface area contributed by atoms with Crippen LogP contribution in [-0.4, -0.2) is 19.4 Å². The number of hydrogen-bond acceptors (Lipinski definition) is 5. The molecule has 0 aliphatic heterocycles. The SMILES string of the molecule is C[Si](C)(C)Oc1ccc2nc(N=C=O)sc2c1. The van der Waals surface area contributed by atoms with E-state index in [1.165, 1.54) is 17.4 Å². The van der Waals surface area contributed by atoms with Gasteiger partial charge in [-0.1, -0.05) is 11.3 Å². The van der Waals surface area contributed by atoms with Gasteiger partial charge in [0.25, 0.3) is 0 Å². The van der Waals surface area contributed by atoms with Crippen LogP contribution >= 0.6 is 11.3 Å². The molecule has 0 fully saturated rings. The third-order valence-electron chi connectivity index (χ3n) is 1.91. The number of carbonyl (C=O) groups excluding carboxylic acids is 1. The molecule has 0 saturated carbocycles. The van der Waals surface area contributed by atoms with Crippen molar-refractivity contribution in [2.75, 3.05) is 0 Å². The summed E-state index contributed by atoms with van der Waals surface area (Å²) in [4.78, 5) is 17.9. The van der Waals surface area contributed by atoms with Gasteiger partial charge in [0.1, 0.15) is 5.75 Å². The Labute approximate surface area is 104 Å². The number of aromatic nitrogens is 1. The number of benzene rings is 1. The van der Waals surface area contributed by atoms with Gasteiger partial charge < -0.3 is 4.43 Å². The molecule has 0 atom stereocenters. The van der Waals surface area contributed by atoms with Gasteiger partial charge >= 0.3 is 0 Å². The first kappa shape index (κ1) is 12.0. The summed E-state index contributed by atoms with van der Waals surface area (Å²) in [7, 11) is -1.60. The molecule has 2 aromatic rings. The lowest BCUT2D eigenvalue weighted by atomic mass is 10.3. The predicted octanol–water partition coefficient (Wildman–Crippen LogP) is 3.48. The molecular weight excluding hydrogens is 252 g/mol. The predicted molar refractivity (Wildman–Crippen MR) is 71.4 cm³/mol. The van der Waals surface area contributed by atoms with Gasteiger partial charge in [0.2, 0.25) is 19.5 Å². The minimum absolute atomic E-state index is 0.431. The highest BCUT2D eigenvalue weighted by atomic mass is 32.1. The average molecular weight is 264 g/mol. The molecule has 0 amide bonds. The van der Waals surface area contributed by atoms with Gasteiger partial charge in [0, 0.05) is 0 Å². The van der Waals surface area contributed by atoms with Gasteiger partial charge in [-0.3, -0.25) is 0 Å². The van der Waals surface area contributed by atoms with Gasteiger partial charge in [0.15, 0.2) is 0 Å². The molecule has 4 nitrogen and oxygen atoms in total. The van der Waals surface area contributed by atoms with E-state index in [4.69, 9.17) is 4.43 Å². The lowest BCUT2D eigenvalue weighted by molar-refractivity contribution is 0.558. The standard InChI is InChI=1S/C11H12N2O2SSi/c1-17(2,3)15-8-4-5-9-10(6-8)16-11(13-9)12-7-14/h4-6H,1-3H3. The van der Waals surface area contributed by atoms with Crippen LogP contribution in [-0.2, 0) is 4.79 Å². The number of rotatable bonds is 3. The molecular formula is C11H12N2O2SSi. The van der Waals surface area contributed by atoms with Crippen molar-refractivity contribution in [2.45, 2.75) is 19.6 Å². The maximum absolute atomic E-state index is 10.2. The fraction of sp³-hybridized carbons (Fsp3) is 0.273. The summed E-state index contributed by atoms with van der Waals surface area (Å²) in [5, 5.41) is 0.431. The van der Waals surface area contributed by atoms with Crippen molar-refractivity contribution in [3.05, 3.63) is 18.2 Å². The fourth-order valence-corrected chi connectivity index (χ4v) is 3.05. The van der Waals surface area contributed by atoms with E-state index in [1.54, 1.807) is 0 Å². The number of thiazole rings is 1. The average Bonchev–Trinajstić information content (AvgIpc) is 2.57. The smallest absolute Gasteiger partial charge is 0.242 e. The molecule has 17 heavy (non-hydrogen) atoms. The Morgan fingerprint density at radius 1 is 1.41 bits per heavy atom. The first-order valence-corrected chi connectivity index (χ1v) is 9.38. The fourth-order valence-electron chi connectivity index (χ4n) is 1.40. The Morgan fingerprint density at radius 3 is 2.82 bits per heavy atom. The monoisotopic (exact) mass is 264 g/mol.